The van der Waals surface area contributed by atoms with Gasteiger partial charge in [-0.1, -0.05) is 11.6 Å². The van der Waals surface area contributed by atoms with Crippen molar-refractivity contribution in [1.82, 2.24) is 4.31 Å². The van der Waals surface area contributed by atoms with Gasteiger partial charge in [0, 0.05) is 44.0 Å². The zero-order chi connectivity index (χ0) is 19.9. The third-order valence-electron chi connectivity index (χ3n) is 4.86. The lowest BCUT2D eigenvalue weighted by atomic mass is 10.2. The van der Waals surface area contributed by atoms with E-state index in [0.29, 0.717) is 42.2 Å². The van der Waals surface area contributed by atoms with Gasteiger partial charge >= 0.3 is 0 Å². The molecule has 1 aliphatic heterocycles. The van der Waals surface area contributed by atoms with Crippen LogP contribution in [-0.2, 0) is 10.0 Å². The molecule has 1 aromatic carbocycles. The number of nitro benzene ring substituents is 1. The second kappa shape index (κ2) is 7.51. The van der Waals surface area contributed by atoms with Gasteiger partial charge in [0.15, 0.2) is 0 Å². The Morgan fingerprint density at radius 3 is 2.43 bits per heavy atom. The summed E-state index contributed by atoms with van der Waals surface area (Å²) in [5, 5.41) is 14.5. The van der Waals surface area contributed by atoms with E-state index < -0.39 is 10.0 Å². The van der Waals surface area contributed by atoms with Crippen LogP contribution >= 0.6 is 22.9 Å². The smallest absolute Gasteiger partial charge is 0.292 e. The summed E-state index contributed by atoms with van der Waals surface area (Å²) in [6.07, 6.45) is 2.04. The number of hydrogen-bond donors (Lipinski definition) is 1. The van der Waals surface area contributed by atoms with E-state index in [1.807, 2.05) is 0 Å². The van der Waals surface area contributed by atoms with Crippen molar-refractivity contribution in [2.45, 2.75) is 23.1 Å². The van der Waals surface area contributed by atoms with E-state index in [0.717, 1.165) is 29.9 Å². The highest BCUT2D eigenvalue weighted by Gasteiger charge is 2.31. The van der Waals surface area contributed by atoms with Crippen molar-refractivity contribution in [1.29, 1.82) is 0 Å². The number of sulfonamides is 1. The van der Waals surface area contributed by atoms with Crippen molar-refractivity contribution < 1.29 is 13.3 Å². The minimum Gasteiger partial charge on any atom is -0.377 e. The van der Waals surface area contributed by atoms with Crippen LogP contribution in [0, 0.1) is 10.1 Å². The predicted octanol–water partition coefficient (Wildman–Crippen LogP) is 3.39. The number of nitro groups is 1. The quantitative estimate of drug-likeness (QED) is 0.544. The Kier molecular flexibility index (Phi) is 5.21. The van der Waals surface area contributed by atoms with Crippen LogP contribution in [0.4, 0.5) is 17.1 Å². The Morgan fingerprint density at radius 2 is 1.86 bits per heavy atom. The topological polar surface area (TPSA) is 95.8 Å². The summed E-state index contributed by atoms with van der Waals surface area (Å²) in [4.78, 5) is 12.9. The van der Waals surface area contributed by atoms with Gasteiger partial charge in [-0.25, -0.2) is 8.42 Å². The van der Waals surface area contributed by atoms with Crippen LogP contribution in [0.15, 0.2) is 34.5 Å². The number of piperazine rings is 1. The summed E-state index contributed by atoms with van der Waals surface area (Å²) in [7, 11) is -3.54. The highest BCUT2D eigenvalue weighted by molar-refractivity contribution is 7.91. The molecule has 0 radical (unpaired) electrons. The van der Waals surface area contributed by atoms with Gasteiger partial charge in [0.1, 0.15) is 9.90 Å². The molecule has 2 heterocycles. The molecule has 0 spiro atoms. The zero-order valence-corrected chi connectivity index (χ0v) is 17.3. The van der Waals surface area contributed by atoms with E-state index in [1.165, 1.54) is 16.4 Å². The molecule has 1 saturated carbocycles. The Morgan fingerprint density at radius 1 is 1.14 bits per heavy atom. The maximum Gasteiger partial charge on any atom is 0.292 e. The third kappa shape index (κ3) is 3.95. The SMILES string of the molecule is O=[N+]([O-])c1ccc(N2CCN(S(=O)(=O)c3ccc(Cl)s3)CC2)cc1NC1CC1. The fourth-order valence-electron chi connectivity index (χ4n) is 3.19. The van der Waals surface area contributed by atoms with E-state index in [1.54, 1.807) is 18.2 Å². The van der Waals surface area contributed by atoms with E-state index in [-0.39, 0.29) is 14.8 Å². The van der Waals surface area contributed by atoms with E-state index >= 15 is 0 Å². The minimum absolute atomic E-state index is 0.0615. The highest BCUT2D eigenvalue weighted by atomic mass is 35.5. The molecule has 1 aromatic heterocycles. The van der Waals surface area contributed by atoms with E-state index in [4.69, 9.17) is 11.6 Å². The van der Waals surface area contributed by atoms with Crippen molar-refractivity contribution in [3.05, 3.63) is 44.8 Å². The molecule has 2 fully saturated rings. The molecule has 1 aliphatic carbocycles. The molecular weight excluding hydrogens is 424 g/mol. The normalized spacial score (nSPS) is 18.2. The number of thiophene rings is 1. The van der Waals surface area contributed by atoms with Gasteiger partial charge in [0.05, 0.1) is 9.26 Å². The number of anilines is 2. The maximum atomic E-state index is 12.7. The molecule has 2 aliphatic rings. The van der Waals surface area contributed by atoms with Crippen molar-refractivity contribution in [3.63, 3.8) is 0 Å². The Labute approximate surface area is 171 Å². The van der Waals surface area contributed by atoms with Gasteiger partial charge in [-0.3, -0.25) is 10.1 Å². The second-order valence-corrected chi connectivity index (χ2v) is 10.7. The monoisotopic (exact) mass is 442 g/mol. The largest absolute Gasteiger partial charge is 0.377 e. The van der Waals surface area contributed by atoms with Crippen LogP contribution in [-0.4, -0.2) is 49.9 Å². The minimum atomic E-state index is -3.54. The first-order chi connectivity index (χ1) is 13.3. The number of benzene rings is 1. The third-order valence-corrected chi connectivity index (χ3v) is 8.46. The molecule has 8 nitrogen and oxygen atoms in total. The van der Waals surface area contributed by atoms with Gasteiger partial charge in [-0.2, -0.15) is 4.31 Å². The molecule has 0 amide bonds. The highest BCUT2D eigenvalue weighted by Crippen LogP contribution is 2.35. The first-order valence-electron chi connectivity index (χ1n) is 8.90. The van der Waals surface area contributed by atoms with Crippen LogP contribution in [0.25, 0.3) is 0 Å². The van der Waals surface area contributed by atoms with Crippen LogP contribution in [0.3, 0.4) is 0 Å². The van der Waals surface area contributed by atoms with Gasteiger partial charge in [0.2, 0.25) is 0 Å². The standard InChI is InChI=1S/C17H19ClN4O4S2/c18-16-5-6-17(27-16)28(25,26)21-9-7-20(8-10-21)13-3-4-15(22(23)24)14(11-13)19-12-1-2-12/h3-6,11-12,19H,1-2,7-10H2. The molecule has 2 aromatic rings. The van der Waals surface area contributed by atoms with Crippen molar-refractivity contribution in [3.8, 4) is 0 Å². The molecule has 4 rings (SSSR count). The molecule has 1 saturated heterocycles. The summed E-state index contributed by atoms with van der Waals surface area (Å²) in [6, 6.07) is 8.44. The number of nitrogens with one attached hydrogen (secondary N) is 1. The van der Waals surface area contributed by atoms with Gasteiger partial charge in [-0.15, -0.1) is 11.3 Å². The maximum absolute atomic E-state index is 12.7. The lowest BCUT2D eigenvalue weighted by Gasteiger charge is -2.35. The predicted molar refractivity (Wildman–Crippen MR) is 110 cm³/mol. The molecule has 28 heavy (non-hydrogen) atoms. The average Bonchev–Trinajstić information content (AvgIpc) is 3.38. The molecule has 0 unspecified atom stereocenters. The van der Waals surface area contributed by atoms with Crippen molar-refractivity contribution >= 4 is 50.0 Å². The van der Waals surface area contributed by atoms with E-state index in [2.05, 4.69) is 10.2 Å². The number of hydrogen-bond acceptors (Lipinski definition) is 7. The van der Waals surface area contributed by atoms with Crippen LogP contribution in [0.1, 0.15) is 12.8 Å². The van der Waals surface area contributed by atoms with Crippen LogP contribution < -0.4 is 10.2 Å². The number of rotatable bonds is 6. The fraction of sp³-hybridized carbons (Fsp3) is 0.412. The number of nitrogens with zero attached hydrogens (tertiary/aromatic N) is 3. The first-order valence-corrected chi connectivity index (χ1v) is 11.5. The number of halogens is 1. The zero-order valence-electron chi connectivity index (χ0n) is 14.9. The average molecular weight is 443 g/mol. The Bertz CT molecular complexity index is 998. The molecule has 11 heteroatoms. The summed E-state index contributed by atoms with van der Waals surface area (Å²) in [5.41, 5.74) is 1.43. The summed E-state index contributed by atoms with van der Waals surface area (Å²) >= 11 is 6.93. The van der Waals surface area contributed by atoms with Gasteiger partial charge < -0.3 is 10.2 Å². The summed E-state index contributed by atoms with van der Waals surface area (Å²) in [5.74, 6) is 0. The summed E-state index contributed by atoms with van der Waals surface area (Å²) in [6.45, 7) is 1.72. The lowest BCUT2D eigenvalue weighted by Crippen LogP contribution is -2.48. The van der Waals surface area contributed by atoms with Gasteiger partial charge in [-0.05, 0) is 37.1 Å². The second-order valence-electron chi connectivity index (χ2n) is 6.83. The lowest BCUT2D eigenvalue weighted by molar-refractivity contribution is -0.384. The summed E-state index contributed by atoms with van der Waals surface area (Å²) < 4.78 is 27.6. The Hall–Kier alpha value is -1.88. The molecule has 0 atom stereocenters. The molecular formula is C17H19ClN4O4S2. The molecule has 0 bridgehead atoms. The van der Waals surface area contributed by atoms with E-state index in [9.17, 15) is 18.5 Å². The van der Waals surface area contributed by atoms with Crippen molar-refractivity contribution in [2.24, 2.45) is 0 Å². The fourth-order valence-corrected chi connectivity index (χ4v) is 6.25. The molecule has 1 N–H and O–H groups in total. The Balaban J connectivity index is 1.48. The van der Waals surface area contributed by atoms with Crippen LogP contribution in [0.2, 0.25) is 4.34 Å². The van der Waals surface area contributed by atoms with Crippen molar-refractivity contribution in [2.75, 3.05) is 36.4 Å². The molecule has 150 valence electrons. The van der Waals surface area contributed by atoms with Gasteiger partial charge in [0.25, 0.3) is 15.7 Å². The first kappa shape index (κ1) is 19.4. The van der Waals surface area contributed by atoms with Crippen LogP contribution in [0.5, 0.6) is 0 Å².